The Balaban J connectivity index is 1.63. The lowest BCUT2D eigenvalue weighted by Gasteiger charge is -2.12. The maximum atomic E-state index is 6.10. The number of nitrogens with zero attached hydrogens (tertiary/aromatic N) is 3. The third kappa shape index (κ3) is 4.20. The summed E-state index contributed by atoms with van der Waals surface area (Å²) in [6, 6.07) is 5.36. The lowest BCUT2D eigenvalue weighted by Crippen LogP contribution is -2.19. The number of nitrogens with one attached hydrogen (secondary N) is 2. The fraction of sp³-hybridized carbons (Fsp3) is 0.400. The molecule has 2 heterocycles. The van der Waals surface area contributed by atoms with Crippen molar-refractivity contribution in [3.63, 3.8) is 0 Å². The van der Waals surface area contributed by atoms with Crippen LogP contribution in [0.25, 0.3) is 0 Å². The van der Waals surface area contributed by atoms with Crippen LogP contribution in [0, 0.1) is 0 Å². The minimum absolute atomic E-state index is 0.238. The molecule has 2 N–H and O–H groups in total. The average Bonchev–Trinajstić information content (AvgIpc) is 3.07. The number of benzene rings is 1. The molecule has 23 heavy (non-hydrogen) atoms. The van der Waals surface area contributed by atoms with E-state index in [1.807, 2.05) is 6.07 Å². The van der Waals surface area contributed by atoms with Gasteiger partial charge in [-0.3, -0.25) is 0 Å². The van der Waals surface area contributed by atoms with Gasteiger partial charge in [-0.05, 0) is 31.0 Å². The van der Waals surface area contributed by atoms with Crippen molar-refractivity contribution < 1.29 is 9.47 Å². The highest BCUT2D eigenvalue weighted by Gasteiger charge is 2.15. The molecule has 1 unspecified atom stereocenters. The Kier molecular flexibility index (Phi) is 5.09. The third-order valence-corrected chi connectivity index (χ3v) is 3.80. The Labute approximate surface area is 139 Å². The summed E-state index contributed by atoms with van der Waals surface area (Å²) in [6.07, 6.45) is 4.00. The second kappa shape index (κ2) is 7.43. The van der Waals surface area contributed by atoms with E-state index < -0.39 is 0 Å². The quantitative estimate of drug-likeness (QED) is 0.840. The number of hydrogen-bond donors (Lipinski definition) is 2. The molecule has 3 rings (SSSR count). The summed E-state index contributed by atoms with van der Waals surface area (Å²) in [5.41, 5.74) is 0.758. The molecule has 0 amide bonds. The molecule has 1 fully saturated rings. The van der Waals surface area contributed by atoms with E-state index in [9.17, 15) is 0 Å². The highest BCUT2D eigenvalue weighted by Crippen LogP contribution is 2.28. The largest absolute Gasteiger partial charge is 0.495 e. The first-order valence-electron chi connectivity index (χ1n) is 7.40. The van der Waals surface area contributed by atoms with Gasteiger partial charge in [0.1, 0.15) is 5.75 Å². The van der Waals surface area contributed by atoms with Crippen LogP contribution in [-0.2, 0) is 4.74 Å². The minimum Gasteiger partial charge on any atom is -0.495 e. The van der Waals surface area contributed by atoms with Crippen molar-refractivity contribution in [1.82, 2.24) is 15.2 Å². The van der Waals surface area contributed by atoms with Crippen LogP contribution in [0.4, 0.5) is 17.5 Å². The number of hydrogen-bond acceptors (Lipinski definition) is 7. The standard InChI is InChI=1S/C15H18ClN5O2/c1-22-13-5-4-10(7-12(13)16)19-15-20-14(9-18-21-15)17-8-11-3-2-6-23-11/h4-5,7,9,11H,2-3,6,8H2,1H3,(H2,17,19,20,21). The second-order valence-electron chi connectivity index (χ2n) is 5.16. The van der Waals surface area contributed by atoms with Crippen molar-refractivity contribution in [3.05, 3.63) is 29.4 Å². The molecule has 1 atom stereocenters. The molecule has 0 radical (unpaired) electrons. The molecule has 0 aliphatic carbocycles. The van der Waals surface area contributed by atoms with Crippen LogP contribution in [0.5, 0.6) is 5.75 Å². The van der Waals surface area contributed by atoms with E-state index in [0.717, 1.165) is 25.1 Å². The smallest absolute Gasteiger partial charge is 0.249 e. The predicted octanol–water partition coefficient (Wildman–Crippen LogP) is 2.87. The van der Waals surface area contributed by atoms with E-state index in [0.29, 0.717) is 29.1 Å². The van der Waals surface area contributed by atoms with Crippen LogP contribution in [0.15, 0.2) is 24.4 Å². The predicted molar refractivity (Wildman–Crippen MR) is 88.6 cm³/mol. The number of halogens is 1. The van der Waals surface area contributed by atoms with Crippen molar-refractivity contribution in [2.45, 2.75) is 18.9 Å². The van der Waals surface area contributed by atoms with Crippen LogP contribution in [-0.4, -0.2) is 41.5 Å². The SMILES string of the molecule is COc1ccc(Nc2nncc(NCC3CCCO3)n2)cc1Cl. The van der Waals surface area contributed by atoms with Gasteiger partial charge in [0.05, 0.1) is 24.4 Å². The molecule has 1 aliphatic rings. The average molecular weight is 336 g/mol. The van der Waals surface area contributed by atoms with Crippen molar-refractivity contribution >= 4 is 29.1 Å². The van der Waals surface area contributed by atoms with Crippen LogP contribution in [0.2, 0.25) is 5.02 Å². The Morgan fingerprint density at radius 1 is 1.43 bits per heavy atom. The van der Waals surface area contributed by atoms with Crippen molar-refractivity contribution in [2.75, 3.05) is 30.9 Å². The van der Waals surface area contributed by atoms with E-state index in [4.69, 9.17) is 21.1 Å². The monoisotopic (exact) mass is 335 g/mol. The summed E-state index contributed by atoms with van der Waals surface area (Å²) in [5, 5.41) is 14.7. The lowest BCUT2D eigenvalue weighted by molar-refractivity contribution is 0.120. The molecule has 2 aromatic rings. The summed E-state index contributed by atoms with van der Waals surface area (Å²) in [4.78, 5) is 4.38. The Hall–Kier alpha value is -2.12. The second-order valence-corrected chi connectivity index (χ2v) is 5.56. The van der Waals surface area contributed by atoms with Gasteiger partial charge in [0.15, 0.2) is 5.82 Å². The zero-order chi connectivity index (χ0) is 16.1. The number of anilines is 3. The lowest BCUT2D eigenvalue weighted by atomic mass is 10.2. The van der Waals surface area contributed by atoms with Crippen LogP contribution in [0.1, 0.15) is 12.8 Å². The molecule has 1 aromatic carbocycles. The van der Waals surface area contributed by atoms with Crippen LogP contribution < -0.4 is 15.4 Å². The summed E-state index contributed by atoms with van der Waals surface area (Å²) in [7, 11) is 1.57. The fourth-order valence-electron chi connectivity index (χ4n) is 2.34. The van der Waals surface area contributed by atoms with Gasteiger partial charge in [-0.2, -0.15) is 10.1 Å². The van der Waals surface area contributed by atoms with Gasteiger partial charge in [-0.1, -0.05) is 11.6 Å². The van der Waals surface area contributed by atoms with Crippen molar-refractivity contribution in [1.29, 1.82) is 0 Å². The number of aromatic nitrogens is 3. The van der Waals surface area contributed by atoms with Crippen molar-refractivity contribution in [3.8, 4) is 5.75 Å². The molecular formula is C15H18ClN5O2. The van der Waals surface area contributed by atoms with Gasteiger partial charge in [0.25, 0.3) is 0 Å². The van der Waals surface area contributed by atoms with Gasteiger partial charge in [0.2, 0.25) is 5.95 Å². The summed E-state index contributed by atoms with van der Waals surface area (Å²) in [6.45, 7) is 1.55. The van der Waals surface area contributed by atoms with Gasteiger partial charge in [0, 0.05) is 18.8 Å². The molecule has 1 saturated heterocycles. The molecule has 122 valence electrons. The maximum absolute atomic E-state index is 6.10. The molecule has 8 heteroatoms. The normalized spacial score (nSPS) is 17.0. The molecule has 7 nitrogen and oxygen atoms in total. The molecule has 0 bridgehead atoms. The van der Waals surface area contributed by atoms with E-state index >= 15 is 0 Å². The Bertz CT molecular complexity index is 664. The zero-order valence-corrected chi connectivity index (χ0v) is 13.5. The summed E-state index contributed by atoms with van der Waals surface area (Å²) < 4.78 is 10.7. The van der Waals surface area contributed by atoms with Crippen LogP contribution >= 0.6 is 11.6 Å². The molecule has 0 saturated carbocycles. The van der Waals surface area contributed by atoms with E-state index in [1.165, 1.54) is 0 Å². The van der Waals surface area contributed by atoms with E-state index in [1.54, 1.807) is 25.4 Å². The number of rotatable bonds is 6. The fourth-order valence-corrected chi connectivity index (χ4v) is 2.60. The molecule has 1 aromatic heterocycles. The molecular weight excluding hydrogens is 318 g/mol. The highest BCUT2D eigenvalue weighted by atomic mass is 35.5. The van der Waals surface area contributed by atoms with Crippen molar-refractivity contribution in [2.24, 2.45) is 0 Å². The molecule has 1 aliphatic heterocycles. The summed E-state index contributed by atoms with van der Waals surface area (Å²) in [5.74, 6) is 1.66. The first kappa shape index (κ1) is 15.8. The first-order chi connectivity index (χ1) is 11.2. The molecule has 0 spiro atoms. The van der Waals surface area contributed by atoms with E-state index in [-0.39, 0.29) is 6.10 Å². The summed E-state index contributed by atoms with van der Waals surface area (Å²) >= 11 is 6.10. The Morgan fingerprint density at radius 2 is 2.35 bits per heavy atom. The minimum atomic E-state index is 0.238. The van der Waals surface area contributed by atoms with E-state index in [2.05, 4.69) is 25.8 Å². The van der Waals surface area contributed by atoms with Gasteiger partial charge in [-0.15, -0.1) is 5.10 Å². The zero-order valence-electron chi connectivity index (χ0n) is 12.8. The topological polar surface area (TPSA) is 81.2 Å². The number of ether oxygens (including phenoxy) is 2. The van der Waals surface area contributed by atoms with Gasteiger partial charge in [-0.25, -0.2) is 0 Å². The van der Waals surface area contributed by atoms with Crippen LogP contribution in [0.3, 0.4) is 0 Å². The maximum Gasteiger partial charge on any atom is 0.249 e. The third-order valence-electron chi connectivity index (χ3n) is 3.50. The first-order valence-corrected chi connectivity index (χ1v) is 7.78. The van der Waals surface area contributed by atoms with Gasteiger partial charge >= 0.3 is 0 Å². The highest BCUT2D eigenvalue weighted by molar-refractivity contribution is 6.32. The van der Waals surface area contributed by atoms with Gasteiger partial charge < -0.3 is 20.1 Å². The number of methoxy groups -OCH3 is 1. The Morgan fingerprint density at radius 3 is 3.09 bits per heavy atom.